The maximum Gasteiger partial charge on any atom is 0.226 e. The predicted octanol–water partition coefficient (Wildman–Crippen LogP) is 5.19. The summed E-state index contributed by atoms with van der Waals surface area (Å²) >= 11 is 3.27. The van der Waals surface area contributed by atoms with Crippen LogP contribution in [-0.4, -0.2) is 21.1 Å². The van der Waals surface area contributed by atoms with E-state index in [-0.39, 0.29) is 11.3 Å². The zero-order valence-corrected chi connectivity index (χ0v) is 17.9. The second-order valence-electron chi connectivity index (χ2n) is 9.23. The SMILES string of the molecule is O=C(CCc1nc2ccccc2s1)Nc1nnc(C23CC4CC(CC(C4)C2)C3)s1. The maximum atomic E-state index is 12.5. The number of anilines is 1. The third-order valence-corrected chi connectivity index (χ3v) is 9.25. The highest BCUT2D eigenvalue weighted by atomic mass is 32.1. The highest BCUT2D eigenvalue weighted by Gasteiger charge is 2.53. The van der Waals surface area contributed by atoms with Gasteiger partial charge in [-0.05, 0) is 68.4 Å². The van der Waals surface area contributed by atoms with E-state index in [9.17, 15) is 4.79 Å². The number of aryl methyl sites for hydroxylation is 1. The van der Waals surface area contributed by atoms with Gasteiger partial charge in [-0.1, -0.05) is 23.5 Å². The topological polar surface area (TPSA) is 67.8 Å². The Hall–Kier alpha value is -1.86. The number of fused-ring (bicyclic) bond motifs is 1. The maximum absolute atomic E-state index is 12.5. The van der Waals surface area contributed by atoms with Crippen LogP contribution in [0.5, 0.6) is 0 Å². The second-order valence-corrected chi connectivity index (χ2v) is 11.3. The summed E-state index contributed by atoms with van der Waals surface area (Å²) in [7, 11) is 0. The Morgan fingerprint density at radius 3 is 2.48 bits per heavy atom. The van der Waals surface area contributed by atoms with Crippen molar-refractivity contribution in [2.75, 3.05) is 5.32 Å². The van der Waals surface area contributed by atoms with Gasteiger partial charge in [0.2, 0.25) is 11.0 Å². The van der Waals surface area contributed by atoms with E-state index in [2.05, 4.69) is 26.6 Å². The third-order valence-electron chi connectivity index (χ3n) is 7.07. The summed E-state index contributed by atoms with van der Waals surface area (Å²) < 4.78 is 1.17. The van der Waals surface area contributed by atoms with Gasteiger partial charge in [0.1, 0.15) is 5.01 Å². The lowest BCUT2D eigenvalue weighted by molar-refractivity contribution is -0.116. The number of nitrogens with zero attached hydrogens (tertiary/aromatic N) is 3. The Kier molecular flexibility index (Phi) is 4.24. The Morgan fingerprint density at radius 2 is 1.76 bits per heavy atom. The van der Waals surface area contributed by atoms with Crippen LogP contribution in [-0.2, 0) is 16.6 Å². The number of carbonyl (C=O) groups excluding carboxylic acids is 1. The fourth-order valence-electron chi connectivity index (χ4n) is 6.29. The smallest absolute Gasteiger partial charge is 0.226 e. The highest BCUT2D eigenvalue weighted by Crippen LogP contribution is 2.61. The molecule has 29 heavy (non-hydrogen) atoms. The monoisotopic (exact) mass is 424 g/mol. The molecule has 2 heterocycles. The van der Waals surface area contributed by atoms with E-state index >= 15 is 0 Å². The molecule has 3 aromatic rings. The Balaban J connectivity index is 1.11. The fourth-order valence-corrected chi connectivity index (χ4v) is 8.23. The van der Waals surface area contributed by atoms with Crippen LogP contribution in [0.2, 0.25) is 0 Å². The Bertz CT molecular complexity index is 1000. The molecule has 4 aliphatic rings. The van der Waals surface area contributed by atoms with Gasteiger partial charge in [-0.2, -0.15) is 0 Å². The summed E-state index contributed by atoms with van der Waals surface area (Å²) in [4.78, 5) is 17.1. The van der Waals surface area contributed by atoms with Crippen molar-refractivity contribution in [2.45, 2.75) is 56.8 Å². The molecule has 4 bridgehead atoms. The number of hydrogen-bond donors (Lipinski definition) is 1. The lowest BCUT2D eigenvalue weighted by Crippen LogP contribution is -2.48. The molecule has 2 aromatic heterocycles. The average molecular weight is 425 g/mol. The molecule has 7 rings (SSSR count). The van der Waals surface area contributed by atoms with Crippen LogP contribution in [0.3, 0.4) is 0 Å². The lowest BCUT2D eigenvalue weighted by atomic mass is 9.50. The summed E-state index contributed by atoms with van der Waals surface area (Å²) in [5.74, 6) is 2.66. The van der Waals surface area contributed by atoms with Crippen molar-refractivity contribution in [3.05, 3.63) is 34.3 Å². The molecule has 1 aromatic carbocycles. The molecule has 1 N–H and O–H groups in total. The van der Waals surface area contributed by atoms with Crippen LogP contribution in [0.4, 0.5) is 5.13 Å². The van der Waals surface area contributed by atoms with Crippen molar-refractivity contribution in [1.82, 2.24) is 15.2 Å². The molecule has 4 fully saturated rings. The van der Waals surface area contributed by atoms with E-state index in [0.717, 1.165) is 33.3 Å². The number of nitrogens with one attached hydrogen (secondary N) is 1. The van der Waals surface area contributed by atoms with Gasteiger partial charge in [0.15, 0.2) is 0 Å². The summed E-state index contributed by atoms with van der Waals surface area (Å²) in [5.41, 5.74) is 1.26. The first-order valence-electron chi connectivity index (χ1n) is 10.6. The van der Waals surface area contributed by atoms with E-state index in [4.69, 9.17) is 0 Å². The minimum absolute atomic E-state index is 0.00234. The van der Waals surface area contributed by atoms with E-state index in [1.54, 1.807) is 22.7 Å². The highest BCUT2D eigenvalue weighted by molar-refractivity contribution is 7.18. The average Bonchev–Trinajstić information content (AvgIpc) is 3.32. The van der Waals surface area contributed by atoms with E-state index in [0.29, 0.717) is 18.0 Å². The van der Waals surface area contributed by atoms with Gasteiger partial charge >= 0.3 is 0 Å². The van der Waals surface area contributed by atoms with Crippen LogP contribution in [0, 0.1) is 17.8 Å². The molecule has 0 radical (unpaired) electrons. The number of aromatic nitrogens is 3. The van der Waals surface area contributed by atoms with Crippen molar-refractivity contribution in [2.24, 2.45) is 17.8 Å². The molecule has 0 atom stereocenters. The molecule has 0 saturated heterocycles. The number of para-hydroxylation sites is 1. The zero-order valence-electron chi connectivity index (χ0n) is 16.3. The van der Waals surface area contributed by atoms with Gasteiger partial charge in [0, 0.05) is 18.3 Å². The van der Waals surface area contributed by atoms with Gasteiger partial charge in [0.05, 0.1) is 15.2 Å². The first-order valence-corrected chi connectivity index (χ1v) is 12.3. The normalized spacial score (nSPS) is 30.1. The number of rotatable bonds is 5. The second kappa shape index (κ2) is 6.84. The molecule has 0 aliphatic heterocycles. The summed E-state index contributed by atoms with van der Waals surface area (Å²) in [6, 6.07) is 8.11. The molecule has 4 aliphatic carbocycles. The van der Waals surface area contributed by atoms with Crippen LogP contribution >= 0.6 is 22.7 Å². The molecular formula is C22H24N4OS2. The third kappa shape index (κ3) is 3.28. The van der Waals surface area contributed by atoms with Crippen LogP contribution in [0.25, 0.3) is 10.2 Å². The summed E-state index contributed by atoms with van der Waals surface area (Å²) in [5, 5.41) is 14.7. The quantitative estimate of drug-likeness (QED) is 0.612. The number of carbonyl (C=O) groups is 1. The number of thiazole rings is 1. The molecular weight excluding hydrogens is 400 g/mol. The van der Waals surface area contributed by atoms with Crippen LogP contribution in [0.1, 0.15) is 55.0 Å². The van der Waals surface area contributed by atoms with Crippen molar-refractivity contribution < 1.29 is 4.79 Å². The van der Waals surface area contributed by atoms with Gasteiger partial charge in [0.25, 0.3) is 0 Å². The van der Waals surface area contributed by atoms with Gasteiger partial charge < -0.3 is 5.32 Å². The first-order chi connectivity index (χ1) is 14.1. The predicted molar refractivity (Wildman–Crippen MR) is 116 cm³/mol. The Morgan fingerprint density at radius 1 is 1.03 bits per heavy atom. The molecule has 1 amide bonds. The van der Waals surface area contributed by atoms with Crippen molar-refractivity contribution in [3.63, 3.8) is 0 Å². The number of benzene rings is 1. The van der Waals surface area contributed by atoms with Gasteiger partial charge in [-0.25, -0.2) is 4.98 Å². The molecule has 7 heteroatoms. The first kappa shape index (κ1) is 18.0. The summed E-state index contributed by atoms with van der Waals surface area (Å²) in [6.45, 7) is 0. The molecule has 150 valence electrons. The molecule has 4 saturated carbocycles. The van der Waals surface area contributed by atoms with E-state index < -0.39 is 0 Å². The fraction of sp³-hybridized carbons (Fsp3) is 0.545. The standard InChI is InChI=1S/C22H24N4OS2/c27-18(5-6-19-23-16-3-1-2-4-17(16)28-19)24-21-26-25-20(29-21)22-10-13-7-14(11-22)9-15(8-13)12-22/h1-4,13-15H,5-12H2,(H,24,26,27). The van der Waals surface area contributed by atoms with Crippen molar-refractivity contribution >= 4 is 43.9 Å². The molecule has 5 nitrogen and oxygen atoms in total. The van der Waals surface area contributed by atoms with Crippen LogP contribution in [0.15, 0.2) is 24.3 Å². The molecule has 0 spiro atoms. The number of hydrogen-bond acceptors (Lipinski definition) is 6. The van der Waals surface area contributed by atoms with Crippen molar-refractivity contribution in [3.8, 4) is 0 Å². The van der Waals surface area contributed by atoms with E-state index in [1.807, 2.05) is 18.2 Å². The van der Waals surface area contributed by atoms with Crippen LogP contribution < -0.4 is 5.32 Å². The van der Waals surface area contributed by atoms with E-state index in [1.165, 1.54) is 43.2 Å². The van der Waals surface area contributed by atoms with Gasteiger partial charge in [-0.15, -0.1) is 21.5 Å². The zero-order chi connectivity index (χ0) is 19.4. The lowest BCUT2D eigenvalue weighted by Gasteiger charge is -2.55. The minimum Gasteiger partial charge on any atom is -0.301 e. The largest absolute Gasteiger partial charge is 0.301 e. The Labute approximate surface area is 178 Å². The van der Waals surface area contributed by atoms with Crippen molar-refractivity contribution in [1.29, 1.82) is 0 Å². The summed E-state index contributed by atoms with van der Waals surface area (Å²) in [6.07, 6.45) is 9.18. The van der Waals surface area contributed by atoms with Gasteiger partial charge in [-0.3, -0.25) is 4.79 Å². The minimum atomic E-state index is -0.00234. The molecule has 0 unspecified atom stereocenters. The number of amides is 1.